The van der Waals surface area contributed by atoms with E-state index in [0.29, 0.717) is 9.50 Å². The van der Waals surface area contributed by atoms with Crippen LogP contribution in [0, 0.1) is 11.6 Å². The Morgan fingerprint density at radius 2 is 1.74 bits per heavy atom. The highest BCUT2D eigenvalue weighted by Gasteiger charge is 2.22. The molecular formula is C13H5Br2ClF2O. The first-order valence-electron chi connectivity index (χ1n) is 5.05. The van der Waals surface area contributed by atoms with Crippen LogP contribution in [0.5, 0.6) is 0 Å². The SMILES string of the molecule is O=C(c1ccc(Cl)cc1Br)c1c(F)ccc(Br)c1F. The Hall–Kier alpha value is -0.780. The Bertz CT molecular complexity index is 674. The minimum atomic E-state index is -0.924. The molecule has 0 atom stereocenters. The van der Waals surface area contributed by atoms with Crippen molar-refractivity contribution in [3.8, 4) is 0 Å². The van der Waals surface area contributed by atoms with Gasteiger partial charge in [0.25, 0.3) is 0 Å². The van der Waals surface area contributed by atoms with Gasteiger partial charge in [-0.3, -0.25) is 4.79 Å². The molecular weight excluding hydrogens is 405 g/mol. The number of hydrogen-bond acceptors (Lipinski definition) is 1. The van der Waals surface area contributed by atoms with E-state index in [1.54, 1.807) is 0 Å². The lowest BCUT2D eigenvalue weighted by Crippen LogP contribution is -2.08. The van der Waals surface area contributed by atoms with Crippen LogP contribution in [0.15, 0.2) is 39.3 Å². The maximum atomic E-state index is 13.9. The van der Waals surface area contributed by atoms with Gasteiger partial charge in [0.05, 0.1) is 10.0 Å². The third kappa shape index (κ3) is 2.88. The van der Waals surface area contributed by atoms with E-state index in [-0.39, 0.29) is 10.0 Å². The second-order valence-electron chi connectivity index (χ2n) is 3.67. The summed E-state index contributed by atoms with van der Waals surface area (Å²) in [5.41, 5.74) is -0.460. The number of benzene rings is 2. The lowest BCUT2D eigenvalue weighted by atomic mass is 10.0. The molecule has 0 aliphatic carbocycles. The number of rotatable bonds is 2. The van der Waals surface area contributed by atoms with E-state index >= 15 is 0 Å². The average Bonchev–Trinajstić information content (AvgIpc) is 2.34. The van der Waals surface area contributed by atoms with Crippen molar-refractivity contribution < 1.29 is 13.6 Å². The summed E-state index contributed by atoms with van der Waals surface area (Å²) in [5, 5.41) is 0.415. The van der Waals surface area contributed by atoms with Gasteiger partial charge >= 0.3 is 0 Å². The molecule has 19 heavy (non-hydrogen) atoms. The lowest BCUT2D eigenvalue weighted by molar-refractivity contribution is 0.103. The highest BCUT2D eigenvalue weighted by molar-refractivity contribution is 9.10. The van der Waals surface area contributed by atoms with Crippen molar-refractivity contribution in [2.45, 2.75) is 0 Å². The quantitative estimate of drug-likeness (QED) is 0.480. The molecule has 2 aromatic carbocycles. The highest BCUT2D eigenvalue weighted by atomic mass is 79.9. The monoisotopic (exact) mass is 408 g/mol. The fraction of sp³-hybridized carbons (Fsp3) is 0. The third-order valence-corrected chi connectivity index (χ3v) is 3.95. The van der Waals surface area contributed by atoms with E-state index < -0.39 is 23.0 Å². The molecule has 0 aromatic heterocycles. The molecule has 0 amide bonds. The van der Waals surface area contributed by atoms with E-state index in [9.17, 15) is 13.6 Å². The molecule has 0 heterocycles. The summed E-state index contributed by atoms with van der Waals surface area (Å²) in [6, 6.07) is 6.62. The van der Waals surface area contributed by atoms with Crippen LogP contribution in [0.3, 0.4) is 0 Å². The van der Waals surface area contributed by atoms with Crippen molar-refractivity contribution in [1.82, 2.24) is 0 Å². The van der Waals surface area contributed by atoms with Crippen LogP contribution >= 0.6 is 43.5 Å². The van der Waals surface area contributed by atoms with Gasteiger partial charge in [-0.05, 0) is 62.2 Å². The van der Waals surface area contributed by atoms with Gasteiger partial charge in [0.15, 0.2) is 11.6 Å². The first-order chi connectivity index (χ1) is 8.91. The molecule has 0 radical (unpaired) electrons. The van der Waals surface area contributed by atoms with Crippen LogP contribution in [-0.2, 0) is 0 Å². The number of hydrogen-bond donors (Lipinski definition) is 0. The molecule has 0 fully saturated rings. The fourth-order valence-electron chi connectivity index (χ4n) is 1.54. The second-order valence-corrected chi connectivity index (χ2v) is 5.82. The van der Waals surface area contributed by atoms with Gasteiger partial charge in [-0.25, -0.2) is 8.78 Å². The summed E-state index contributed by atoms with van der Waals surface area (Å²) in [5.74, 6) is -2.58. The van der Waals surface area contributed by atoms with Crippen LogP contribution in [0.2, 0.25) is 5.02 Å². The first kappa shape index (κ1) is 14.6. The summed E-state index contributed by atoms with van der Waals surface area (Å²) in [7, 11) is 0. The summed E-state index contributed by atoms with van der Waals surface area (Å²) < 4.78 is 27.9. The first-order valence-corrected chi connectivity index (χ1v) is 7.01. The molecule has 98 valence electrons. The standard InChI is InChI=1S/C13H5Br2ClF2O/c14-8-3-4-10(17)11(12(8)18)13(19)7-2-1-6(16)5-9(7)15/h1-5H. The Labute approximate surface area is 129 Å². The number of carbonyl (C=O) groups excluding carboxylic acids is 1. The largest absolute Gasteiger partial charge is 0.288 e. The maximum absolute atomic E-state index is 13.9. The average molecular weight is 410 g/mol. The topological polar surface area (TPSA) is 17.1 Å². The number of halogens is 5. The second kappa shape index (κ2) is 5.69. The van der Waals surface area contributed by atoms with Crippen molar-refractivity contribution in [3.05, 3.63) is 67.1 Å². The molecule has 0 saturated carbocycles. The van der Waals surface area contributed by atoms with E-state index in [1.165, 1.54) is 24.3 Å². The van der Waals surface area contributed by atoms with Crippen molar-refractivity contribution in [2.24, 2.45) is 0 Å². The van der Waals surface area contributed by atoms with E-state index in [0.717, 1.165) is 6.07 Å². The van der Waals surface area contributed by atoms with Crippen molar-refractivity contribution in [3.63, 3.8) is 0 Å². The smallest absolute Gasteiger partial charge is 0.200 e. The Kier molecular flexibility index (Phi) is 4.38. The van der Waals surface area contributed by atoms with Gasteiger partial charge in [-0.2, -0.15) is 0 Å². The minimum absolute atomic E-state index is 0.0299. The lowest BCUT2D eigenvalue weighted by Gasteiger charge is -2.07. The van der Waals surface area contributed by atoms with Crippen LogP contribution in [-0.4, -0.2) is 5.78 Å². The minimum Gasteiger partial charge on any atom is -0.288 e. The van der Waals surface area contributed by atoms with Crippen LogP contribution in [0.25, 0.3) is 0 Å². The number of carbonyl (C=O) groups is 1. The molecule has 2 aromatic rings. The third-order valence-electron chi connectivity index (χ3n) is 2.45. The summed E-state index contributed by atoms with van der Waals surface area (Å²) in [4.78, 5) is 12.2. The zero-order valence-corrected chi connectivity index (χ0v) is 13.1. The predicted octanol–water partition coefficient (Wildman–Crippen LogP) is 5.37. The van der Waals surface area contributed by atoms with Crippen molar-refractivity contribution in [1.29, 1.82) is 0 Å². The number of ketones is 1. The van der Waals surface area contributed by atoms with Crippen molar-refractivity contribution in [2.75, 3.05) is 0 Å². The fourth-order valence-corrected chi connectivity index (χ4v) is 2.74. The maximum Gasteiger partial charge on any atom is 0.200 e. The van der Waals surface area contributed by atoms with Gasteiger partial charge in [0.1, 0.15) is 5.82 Å². The van der Waals surface area contributed by atoms with Crippen LogP contribution in [0.1, 0.15) is 15.9 Å². The van der Waals surface area contributed by atoms with E-state index in [4.69, 9.17) is 11.6 Å². The van der Waals surface area contributed by atoms with Gasteiger partial charge in [0, 0.05) is 15.1 Å². The molecule has 2 rings (SSSR count). The zero-order chi connectivity index (χ0) is 14.2. The Balaban J connectivity index is 2.59. The van der Waals surface area contributed by atoms with Gasteiger partial charge in [-0.15, -0.1) is 0 Å². The molecule has 0 saturated heterocycles. The molecule has 0 aliphatic heterocycles. The zero-order valence-electron chi connectivity index (χ0n) is 9.18. The van der Waals surface area contributed by atoms with Gasteiger partial charge in [-0.1, -0.05) is 11.6 Å². The highest BCUT2D eigenvalue weighted by Crippen LogP contribution is 2.28. The molecule has 0 unspecified atom stereocenters. The molecule has 1 nitrogen and oxygen atoms in total. The van der Waals surface area contributed by atoms with Gasteiger partial charge in [0.2, 0.25) is 0 Å². The summed E-state index contributed by atoms with van der Waals surface area (Å²) in [6.45, 7) is 0. The summed E-state index contributed by atoms with van der Waals surface area (Å²) >= 11 is 11.8. The predicted molar refractivity (Wildman–Crippen MR) is 76.6 cm³/mol. The van der Waals surface area contributed by atoms with Gasteiger partial charge < -0.3 is 0 Å². The van der Waals surface area contributed by atoms with E-state index in [1.807, 2.05) is 0 Å². The Morgan fingerprint density at radius 1 is 1.05 bits per heavy atom. The van der Waals surface area contributed by atoms with Crippen molar-refractivity contribution >= 4 is 49.2 Å². The molecule has 6 heteroatoms. The van der Waals surface area contributed by atoms with E-state index in [2.05, 4.69) is 31.9 Å². The van der Waals surface area contributed by atoms with Crippen LogP contribution < -0.4 is 0 Å². The van der Waals surface area contributed by atoms with Crippen LogP contribution in [0.4, 0.5) is 8.78 Å². The normalized spacial score (nSPS) is 10.6. The molecule has 0 aliphatic rings. The molecule has 0 spiro atoms. The molecule has 0 bridgehead atoms. The molecule has 0 N–H and O–H groups in total. The Morgan fingerprint density at radius 3 is 2.37 bits per heavy atom. The summed E-state index contributed by atoms with van der Waals surface area (Å²) in [6.07, 6.45) is 0.